The van der Waals surface area contributed by atoms with E-state index < -0.39 is 0 Å². The molecular formula is C32H22CuN2O2. The first-order chi connectivity index (χ1) is 17.5. The van der Waals surface area contributed by atoms with Gasteiger partial charge in [-0.1, -0.05) is 72.8 Å². The van der Waals surface area contributed by atoms with Gasteiger partial charge in [0, 0.05) is 60.9 Å². The molecule has 3 heterocycles. The number of aromatic nitrogens is 2. The summed E-state index contributed by atoms with van der Waals surface area (Å²) in [6.07, 6.45) is 0. The first kappa shape index (κ1) is 23.2. The van der Waals surface area contributed by atoms with Gasteiger partial charge in [-0.2, -0.15) is 0 Å². The summed E-state index contributed by atoms with van der Waals surface area (Å²) >= 11 is 0. The van der Waals surface area contributed by atoms with Crippen LogP contribution >= 0.6 is 0 Å². The number of aryl methyl sites for hydroxylation is 2. The monoisotopic (exact) mass is 529 g/mol. The van der Waals surface area contributed by atoms with Gasteiger partial charge < -0.3 is 10.2 Å². The third-order valence-corrected chi connectivity index (χ3v) is 7.42. The molecule has 0 spiro atoms. The van der Waals surface area contributed by atoms with Gasteiger partial charge in [0.25, 0.3) is 0 Å². The van der Waals surface area contributed by atoms with Gasteiger partial charge in [0.05, 0.1) is 22.8 Å². The van der Waals surface area contributed by atoms with Crippen LogP contribution < -0.4 is 0 Å². The normalized spacial score (nSPS) is 11.5. The molecule has 4 nitrogen and oxygen atoms in total. The van der Waals surface area contributed by atoms with Gasteiger partial charge in [0.2, 0.25) is 0 Å². The van der Waals surface area contributed by atoms with E-state index in [0.29, 0.717) is 21.5 Å². The number of benzene rings is 4. The van der Waals surface area contributed by atoms with E-state index in [1.165, 1.54) is 0 Å². The van der Waals surface area contributed by atoms with Crippen molar-refractivity contribution in [2.75, 3.05) is 0 Å². The minimum absolute atomic E-state index is 0. The van der Waals surface area contributed by atoms with E-state index in [2.05, 4.69) is 0 Å². The van der Waals surface area contributed by atoms with Gasteiger partial charge >= 0.3 is 0 Å². The molecule has 4 aromatic carbocycles. The first-order valence-electron chi connectivity index (χ1n) is 12.0. The minimum Gasteiger partial charge on any atom is -0.507 e. The topological polar surface area (TPSA) is 66.2 Å². The largest absolute Gasteiger partial charge is 0.507 e. The van der Waals surface area contributed by atoms with E-state index in [1.54, 1.807) is 0 Å². The molecule has 37 heavy (non-hydrogen) atoms. The summed E-state index contributed by atoms with van der Waals surface area (Å²) in [5.41, 5.74) is 8.63. The van der Waals surface area contributed by atoms with Gasteiger partial charge in [-0.05, 0) is 37.1 Å². The number of hydrogen-bond donors (Lipinski definition) is 2. The van der Waals surface area contributed by atoms with Crippen molar-refractivity contribution in [2.45, 2.75) is 13.8 Å². The fourth-order valence-electron chi connectivity index (χ4n) is 5.57. The Balaban J connectivity index is 0.00000252. The number of rotatable bonds is 0. The van der Waals surface area contributed by atoms with Crippen LogP contribution in [0.2, 0.25) is 0 Å². The van der Waals surface area contributed by atoms with Crippen LogP contribution in [0.3, 0.4) is 0 Å². The summed E-state index contributed by atoms with van der Waals surface area (Å²) in [5.74, 6) is 0.379. The van der Waals surface area contributed by atoms with Crippen molar-refractivity contribution in [3.8, 4) is 56.5 Å². The molecule has 5 heteroatoms. The molecule has 0 unspecified atom stereocenters. The summed E-state index contributed by atoms with van der Waals surface area (Å²) in [4.78, 5) is 10.1. The maximum absolute atomic E-state index is 11.6. The number of aromatic hydroxyl groups is 2. The van der Waals surface area contributed by atoms with E-state index in [4.69, 9.17) is 9.97 Å². The fourth-order valence-corrected chi connectivity index (χ4v) is 5.57. The minimum atomic E-state index is 0. The predicted octanol–water partition coefficient (Wildman–Crippen LogP) is 7.79. The number of hydrogen-bond acceptors (Lipinski definition) is 4. The summed E-state index contributed by atoms with van der Waals surface area (Å²) in [6.45, 7) is 3.97. The molecule has 0 atom stereocenters. The summed E-state index contributed by atoms with van der Waals surface area (Å²) < 4.78 is 0. The van der Waals surface area contributed by atoms with Crippen LogP contribution in [-0.4, -0.2) is 20.2 Å². The number of para-hydroxylation sites is 2. The molecule has 0 amide bonds. The van der Waals surface area contributed by atoms with Crippen LogP contribution in [0.15, 0.2) is 84.9 Å². The fraction of sp³-hybridized carbons (Fsp3) is 0.0625. The standard InChI is InChI=1S/C32H22N2O2.Cu/c1-17-19-13-7-15-25(31(19)35)30-24-12-6-4-10-22(24)28(34-30)18(2)20-14-8-16-26(32(20)36)29-23-11-5-3-9-21(23)27(17)33-29;/h3-16,35-36H,1-2H3;. The third kappa shape index (κ3) is 3.21. The van der Waals surface area contributed by atoms with Crippen LogP contribution in [0.5, 0.6) is 11.5 Å². The SMILES string of the molecule is Cc1c2nc(c3cccc(c(C)c4nc(c5cccc1c5O)-c1ccccc1-4)c3O)-c1ccccc1-2.[Cu]. The van der Waals surface area contributed by atoms with Crippen LogP contribution in [-0.2, 0) is 17.1 Å². The summed E-state index contributed by atoms with van der Waals surface area (Å²) in [6, 6.07) is 27.7. The van der Waals surface area contributed by atoms with Crippen molar-refractivity contribution >= 4 is 21.5 Å². The molecule has 7 rings (SSSR count). The molecule has 1 radical (unpaired) electrons. The maximum atomic E-state index is 11.6. The van der Waals surface area contributed by atoms with Gasteiger partial charge in [0.15, 0.2) is 0 Å². The molecule has 8 bridgehead atoms. The molecular weight excluding hydrogens is 508 g/mol. The number of fused-ring (bicyclic) bond motifs is 16. The summed E-state index contributed by atoms with van der Waals surface area (Å²) in [7, 11) is 0. The van der Waals surface area contributed by atoms with Crippen molar-refractivity contribution in [3.05, 3.63) is 96.1 Å². The molecule has 183 valence electrons. The van der Waals surface area contributed by atoms with E-state index in [-0.39, 0.29) is 28.6 Å². The number of phenolic OH excluding ortho intramolecular Hbond substituents is 2. The molecule has 5 aromatic rings. The Hall–Kier alpha value is -4.18. The molecule has 1 aromatic heterocycles. The van der Waals surface area contributed by atoms with Crippen LogP contribution in [0.1, 0.15) is 11.1 Å². The average molecular weight is 530 g/mol. The van der Waals surface area contributed by atoms with Gasteiger partial charge in [-0.3, -0.25) is 0 Å². The zero-order valence-electron chi connectivity index (χ0n) is 20.2. The Morgan fingerprint density at radius 2 is 0.757 bits per heavy atom. The van der Waals surface area contributed by atoms with Crippen LogP contribution in [0, 0.1) is 13.8 Å². The Kier molecular flexibility index (Phi) is 5.30. The zero-order chi connectivity index (χ0) is 24.6. The smallest absolute Gasteiger partial charge is 0.132 e. The zero-order valence-corrected chi connectivity index (χ0v) is 21.1. The number of nitrogens with zero attached hydrogens (tertiary/aromatic N) is 2. The quantitative estimate of drug-likeness (QED) is 0.197. The van der Waals surface area contributed by atoms with Gasteiger partial charge in [-0.15, -0.1) is 0 Å². The Bertz CT molecular complexity index is 1760. The van der Waals surface area contributed by atoms with E-state index in [9.17, 15) is 10.2 Å². The molecule has 0 aliphatic carbocycles. The predicted molar refractivity (Wildman–Crippen MR) is 145 cm³/mol. The first-order valence-corrected chi connectivity index (χ1v) is 12.0. The Morgan fingerprint density at radius 3 is 1.14 bits per heavy atom. The van der Waals surface area contributed by atoms with Crippen molar-refractivity contribution < 1.29 is 27.3 Å². The summed E-state index contributed by atoms with van der Waals surface area (Å²) in [5, 5.41) is 25.9. The molecule has 0 saturated carbocycles. The van der Waals surface area contributed by atoms with Crippen molar-refractivity contribution in [2.24, 2.45) is 0 Å². The Morgan fingerprint density at radius 1 is 0.432 bits per heavy atom. The molecule has 2 aliphatic heterocycles. The molecule has 2 aliphatic rings. The second-order valence-electron chi connectivity index (χ2n) is 9.36. The van der Waals surface area contributed by atoms with Crippen molar-refractivity contribution in [1.82, 2.24) is 9.97 Å². The van der Waals surface area contributed by atoms with Crippen LogP contribution in [0.4, 0.5) is 0 Å². The third-order valence-electron chi connectivity index (χ3n) is 7.42. The molecule has 2 N–H and O–H groups in total. The Labute approximate surface area is 224 Å². The van der Waals surface area contributed by atoms with Crippen molar-refractivity contribution in [3.63, 3.8) is 0 Å². The van der Waals surface area contributed by atoms with Crippen molar-refractivity contribution in [1.29, 1.82) is 0 Å². The second kappa shape index (κ2) is 8.45. The van der Waals surface area contributed by atoms with Crippen LogP contribution in [0.25, 0.3) is 66.6 Å². The second-order valence-corrected chi connectivity index (χ2v) is 9.36. The maximum Gasteiger partial charge on any atom is 0.132 e. The van der Waals surface area contributed by atoms with E-state index in [0.717, 1.165) is 56.2 Å². The van der Waals surface area contributed by atoms with Gasteiger partial charge in [-0.25, -0.2) is 9.97 Å². The molecule has 0 fully saturated rings. The number of phenols is 2. The molecule has 0 saturated heterocycles. The van der Waals surface area contributed by atoms with Gasteiger partial charge in [0.1, 0.15) is 11.5 Å². The van der Waals surface area contributed by atoms with E-state index in [1.807, 2.05) is 98.8 Å². The average Bonchev–Trinajstić information content (AvgIpc) is 3.47. The van der Waals surface area contributed by atoms with E-state index >= 15 is 0 Å².